The van der Waals surface area contributed by atoms with Gasteiger partial charge in [-0.3, -0.25) is 4.79 Å². The smallest absolute Gasteiger partial charge is 0.352 e. The van der Waals surface area contributed by atoms with Gasteiger partial charge in [-0.05, 0) is 37.5 Å². The Hall–Kier alpha value is -0.780. The largest absolute Gasteiger partial charge is 0.393 e. The lowest BCUT2D eigenvalue weighted by molar-refractivity contribution is -0.180. The fourth-order valence-electron chi connectivity index (χ4n) is 3.48. The molecule has 3 atom stereocenters. The van der Waals surface area contributed by atoms with Crippen molar-refractivity contribution in [1.29, 1.82) is 0 Å². The van der Waals surface area contributed by atoms with E-state index in [0.29, 0.717) is 0 Å². The summed E-state index contributed by atoms with van der Waals surface area (Å²) in [5.74, 6) is -1.46. The van der Waals surface area contributed by atoms with Crippen molar-refractivity contribution in [3.63, 3.8) is 0 Å². The summed E-state index contributed by atoms with van der Waals surface area (Å²) in [5, 5.41) is 5.77. The van der Waals surface area contributed by atoms with Crippen LogP contribution in [0.25, 0.3) is 0 Å². The third-order valence-corrected chi connectivity index (χ3v) is 4.75. The number of hydrogen-bond donors (Lipinski definition) is 2. The molecular formula is C15H25F3N2O. The number of alkyl halides is 3. The van der Waals surface area contributed by atoms with Crippen LogP contribution in [0.1, 0.15) is 52.4 Å². The Morgan fingerprint density at radius 2 is 1.95 bits per heavy atom. The van der Waals surface area contributed by atoms with E-state index in [0.717, 1.165) is 25.7 Å². The molecule has 2 aliphatic rings. The molecule has 0 spiro atoms. The average Bonchev–Trinajstić information content (AvgIpc) is 2.36. The summed E-state index contributed by atoms with van der Waals surface area (Å²) < 4.78 is 37.8. The van der Waals surface area contributed by atoms with Gasteiger partial charge in [-0.1, -0.05) is 20.3 Å². The van der Waals surface area contributed by atoms with Gasteiger partial charge in [0.25, 0.3) is 0 Å². The van der Waals surface area contributed by atoms with Crippen LogP contribution in [0.2, 0.25) is 0 Å². The quantitative estimate of drug-likeness (QED) is 0.823. The van der Waals surface area contributed by atoms with Gasteiger partial charge in [-0.15, -0.1) is 0 Å². The van der Waals surface area contributed by atoms with Gasteiger partial charge in [-0.25, -0.2) is 0 Å². The topological polar surface area (TPSA) is 41.1 Å². The summed E-state index contributed by atoms with van der Waals surface area (Å²) in [6.07, 6.45) is 0.281. The van der Waals surface area contributed by atoms with Gasteiger partial charge < -0.3 is 10.6 Å². The highest BCUT2D eigenvalue weighted by atomic mass is 19.4. The molecule has 1 saturated heterocycles. The van der Waals surface area contributed by atoms with E-state index < -0.39 is 18.1 Å². The van der Waals surface area contributed by atoms with Crippen molar-refractivity contribution in [2.45, 2.75) is 70.6 Å². The number of carbonyl (C=O) groups is 1. The highest BCUT2D eigenvalue weighted by molar-refractivity contribution is 5.82. The first-order chi connectivity index (χ1) is 9.67. The molecule has 1 amide bonds. The van der Waals surface area contributed by atoms with E-state index in [-0.39, 0.29) is 36.8 Å². The molecule has 0 aromatic carbocycles. The van der Waals surface area contributed by atoms with E-state index in [2.05, 4.69) is 24.5 Å². The maximum atomic E-state index is 12.6. The summed E-state index contributed by atoms with van der Waals surface area (Å²) in [4.78, 5) is 12.2. The Balaban J connectivity index is 1.80. The SMILES string of the molecule is CC1(C)CCCC(NC(=O)C2CCC(C(F)(F)F)CN2)C1. The van der Waals surface area contributed by atoms with E-state index in [4.69, 9.17) is 0 Å². The Bertz CT molecular complexity index is 374. The number of carbonyl (C=O) groups excluding carboxylic acids is 1. The van der Waals surface area contributed by atoms with Crippen molar-refractivity contribution in [3.05, 3.63) is 0 Å². The van der Waals surface area contributed by atoms with Gasteiger partial charge in [0.2, 0.25) is 5.91 Å². The Morgan fingerprint density at radius 3 is 2.48 bits per heavy atom. The number of rotatable bonds is 2. The zero-order valence-electron chi connectivity index (χ0n) is 12.7. The maximum absolute atomic E-state index is 12.6. The number of amides is 1. The van der Waals surface area contributed by atoms with Crippen LogP contribution in [0.4, 0.5) is 13.2 Å². The van der Waals surface area contributed by atoms with Crippen LogP contribution in [-0.4, -0.2) is 30.7 Å². The van der Waals surface area contributed by atoms with Crippen LogP contribution in [0.15, 0.2) is 0 Å². The van der Waals surface area contributed by atoms with Gasteiger partial charge in [0.05, 0.1) is 12.0 Å². The molecule has 0 aromatic rings. The molecule has 1 aliphatic heterocycles. The summed E-state index contributed by atoms with van der Waals surface area (Å²) in [6, 6.07) is -0.322. The maximum Gasteiger partial charge on any atom is 0.393 e. The summed E-state index contributed by atoms with van der Waals surface area (Å²) in [7, 11) is 0. The predicted molar refractivity (Wildman–Crippen MR) is 74.7 cm³/mol. The first-order valence-electron chi connectivity index (χ1n) is 7.78. The van der Waals surface area contributed by atoms with Crippen molar-refractivity contribution in [2.75, 3.05) is 6.54 Å². The lowest BCUT2D eigenvalue weighted by atomic mass is 9.75. The predicted octanol–water partition coefficient (Wildman–Crippen LogP) is 3.00. The van der Waals surface area contributed by atoms with Gasteiger partial charge in [0, 0.05) is 12.6 Å². The van der Waals surface area contributed by atoms with E-state index in [9.17, 15) is 18.0 Å². The minimum Gasteiger partial charge on any atom is -0.352 e. The molecule has 2 N–H and O–H groups in total. The van der Waals surface area contributed by atoms with Gasteiger partial charge in [0.1, 0.15) is 0 Å². The lowest BCUT2D eigenvalue weighted by Gasteiger charge is -2.37. The van der Waals surface area contributed by atoms with Crippen LogP contribution in [-0.2, 0) is 4.79 Å². The highest BCUT2D eigenvalue weighted by Crippen LogP contribution is 2.35. The second-order valence-electron chi connectivity index (χ2n) is 7.24. The molecule has 1 heterocycles. The Morgan fingerprint density at radius 1 is 1.24 bits per heavy atom. The molecule has 6 heteroatoms. The minimum atomic E-state index is -4.16. The monoisotopic (exact) mass is 306 g/mol. The molecule has 3 nitrogen and oxygen atoms in total. The normalized spacial score (nSPS) is 33.5. The molecule has 2 rings (SSSR count). The summed E-state index contributed by atoms with van der Waals surface area (Å²) in [5.41, 5.74) is 0.234. The third-order valence-electron chi connectivity index (χ3n) is 4.75. The molecule has 0 bridgehead atoms. The van der Waals surface area contributed by atoms with E-state index in [1.165, 1.54) is 0 Å². The first-order valence-corrected chi connectivity index (χ1v) is 7.78. The average molecular weight is 306 g/mol. The van der Waals surface area contributed by atoms with Crippen LogP contribution in [0.3, 0.4) is 0 Å². The van der Waals surface area contributed by atoms with Crippen LogP contribution in [0.5, 0.6) is 0 Å². The van der Waals surface area contributed by atoms with Crippen molar-refractivity contribution in [2.24, 2.45) is 11.3 Å². The molecule has 1 saturated carbocycles. The zero-order chi connectivity index (χ0) is 15.7. The number of piperidine rings is 1. The number of halogens is 3. The fourth-order valence-corrected chi connectivity index (χ4v) is 3.48. The lowest BCUT2D eigenvalue weighted by Crippen LogP contribution is -2.54. The zero-order valence-corrected chi connectivity index (χ0v) is 12.7. The minimum absolute atomic E-state index is 0.0325. The van der Waals surface area contributed by atoms with Gasteiger partial charge >= 0.3 is 6.18 Å². The van der Waals surface area contributed by atoms with Crippen LogP contribution < -0.4 is 10.6 Å². The van der Waals surface area contributed by atoms with Crippen molar-refractivity contribution < 1.29 is 18.0 Å². The van der Waals surface area contributed by atoms with Crippen molar-refractivity contribution in [3.8, 4) is 0 Å². The third kappa shape index (κ3) is 4.59. The molecular weight excluding hydrogens is 281 g/mol. The Kier molecular flexibility index (Phi) is 4.85. The van der Waals surface area contributed by atoms with Gasteiger partial charge in [-0.2, -0.15) is 13.2 Å². The van der Waals surface area contributed by atoms with Gasteiger partial charge in [0.15, 0.2) is 0 Å². The molecule has 0 aromatic heterocycles. The van der Waals surface area contributed by atoms with Crippen molar-refractivity contribution >= 4 is 5.91 Å². The number of nitrogens with one attached hydrogen (secondary N) is 2. The number of hydrogen-bond acceptors (Lipinski definition) is 2. The van der Waals surface area contributed by atoms with Crippen molar-refractivity contribution in [1.82, 2.24) is 10.6 Å². The second kappa shape index (κ2) is 6.15. The molecule has 3 unspecified atom stereocenters. The molecule has 1 aliphatic carbocycles. The van der Waals surface area contributed by atoms with E-state index >= 15 is 0 Å². The summed E-state index contributed by atoms with van der Waals surface area (Å²) in [6.45, 7) is 4.23. The highest BCUT2D eigenvalue weighted by Gasteiger charge is 2.42. The van der Waals surface area contributed by atoms with E-state index in [1.807, 2.05) is 0 Å². The Labute approximate surface area is 124 Å². The molecule has 122 valence electrons. The molecule has 2 fully saturated rings. The summed E-state index contributed by atoms with van der Waals surface area (Å²) >= 11 is 0. The van der Waals surface area contributed by atoms with Crippen LogP contribution >= 0.6 is 0 Å². The molecule has 0 radical (unpaired) electrons. The second-order valence-corrected chi connectivity index (χ2v) is 7.24. The fraction of sp³-hybridized carbons (Fsp3) is 0.933. The first kappa shape index (κ1) is 16.6. The van der Waals surface area contributed by atoms with Crippen LogP contribution in [0, 0.1) is 11.3 Å². The van der Waals surface area contributed by atoms with E-state index in [1.54, 1.807) is 0 Å². The standard InChI is InChI=1S/C15H25F3N2O/c1-14(2)7-3-4-11(8-14)20-13(21)12-6-5-10(9-19-12)15(16,17)18/h10-12,19H,3-9H2,1-2H3,(H,20,21). The molecule has 21 heavy (non-hydrogen) atoms.